The Balaban J connectivity index is 1.88. The minimum Gasteiger partial charge on any atom is -0.323 e. The molecule has 3 rings (SSSR count). The van der Waals surface area contributed by atoms with Gasteiger partial charge in [-0.15, -0.1) is 0 Å². The second-order valence-electron chi connectivity index (χ2n) is 5.64. The topological polar surface area (TPSA) is 42.0 Å². The van der Waals surface area contributed by atoms with Crippen LogP contribution in [0.4, 0.5) is 10.1 Å². The number of nitrogens with zero attached hydrogens (tertiary/aromatic N) is 1. The van der Waals surface area contributed by atoms with Gasteiger partial charge in [0.05, 0.1) is 11.6 Å². The Kier molecular flexibility index (Phi) is 5.41. The third-order valence-electron chi connectivity index (χ3n) is 3.88. The molecule has 0 saturated carbocycles. The van der Waals surface area contributed by atoms with Crippen molar-refractivity contribution in [2.45, 2.75) is 12.3 Å². The number of aromatic nitrogens is 1. The molecule has 0 radical (unpaired) electrons. The van der Waals surface area contributed by atoms with Crippen molar-refractivity contribution in [1.29, 1.82) is 0 Å². The SMILES string of the molecule is O=C(Nc1ccccc1F)C(Cc1cccnc1)c1ccc(Cl)cc1. The number of rotatable bonds is 5. The molecule has 3 aromatic rings. The largest absolute Gasteiger partial charge is 0.323 e. The van der Waals surface area contributed by atoms with Gasteiger partial charge in [0.2, 0.25) is 5.91 Å². The molecule has 5 heteroatoms. The lowest BCUT2D eigenvalue weighted by Crippen LogP contribution is -2.23. The van der Waals surface area contributed by atoms with Crippen LogP contribution in [0.1, 0.15) is 17.0 Å². The van der Waals surface area contributed by atoms with Crippen molar-refractivity contribution in [3.05, 3.63) is 95.0 Å². The van der Waals surface area contributed by atoms with Gasteiger partial charge in [0.15, 0.2) is 0 Å². The van der Waals surface area contributed by atoms with Crippen LogP contribution in [0.3, 0.4) is 0 Å². The van der Waals surface area contributed by atoms with Crippen molar-refractivity contribution in [2.24, 2.45) is 0 Å². The molecule has 0 aliphatic heterocycles. The monoisotopic (exact) mass is 354 g/mol. The van der Waals surface area contributed by atoms with Gasteiger partial charge in [0.1, 0.15) is 5.82 Å². The molecule has 126 valence electrons. The molecule has 1 heterocycles. The minimum atomic E-state index is -0.485. The van der Waals surface area contributed by atoms with Crippen molar-refractivity contribution >= 4 is 23.2 Å². The minimum absolute atomic E-state index is 0.164. The number of carbonyl (C=O) groups is 1. The van der Waals surface area contributed by atoms with Gasteiger partial charge < -0.3 is 5.32 Å². The lowest BCUT2D eigenvalue weighted by atomic mass is 9.91. The second-order valence-corrected chi connectivity index (χ2v) is 6.08. The Bertz CT molecular complexity index is 853. The van der Waals surface area contributed by atoms with Crippen LogP contribution < -0.4 is 5.32 Å². The van der Waals surface area contributed by atoms with E-state index in [0.717, 1.165) is 11.1 Å². The van der Waals surface area contributed by atoms with Gasteiger partial charge in [-0.1, -0.05) is 41.9 Å². The zero-order valence-electron chi connectivity index (χ0n) is 13.3. The van der Waals surface area contributed by atoms with E-state index in [1.807, 2.05) is 24.3 Å². The van der Waals surface area contributed by atoms with Crippen LogP contribution in [-0.4, -0.2) is 10.9 Å². The highest BCUT2D eigenvalue weighted by Crippen LogP contribution is 2.25. The van der Waals surface area contributed by atoms with Crippen LogP contribution in [0.25, 0.3) is 0 Å². The van der Waals surface area contributed by atoms with Gasteiger partial charge in [0, 0.05) is 17.4 Å². The van der Waals surface area contributed by atoms with Crippen molar-refractivity contribution in [1.82, 2.24) is 4.98 Å². The molecule has 0 spiro atoms. The fourth-order valence-electron chi connectivity index (χ4n) is 2.59. The van der Waals surface area contributed by atoms with Crippen LogP contribution in [0.15, 0.2) is 73.1 Å². The summed E-state index contributed by atoms with van der Waals surface area (Å²) < 4.78 is 13.9. The maximum atomic E-state index is 13.9. The Morgan fingerprint density at radius 2 is 1.84 bits per heavy atom. The van der Waals surface area contributed by atoms with Gasteiger partial charge >= 0.3 is 0 Å². The molecule has 1 amide bonds. The summed E-state index contributed by atoms with van der Waals surface area (Å²) in [5.74, 6) is -1.23. The number of benzene rings is 2. The maximum Gasteiger partial charge on any atom is 0.232 e. The van der Waals surface area contributed by atoms with Crippen molar-refractivity contribution in [2.75, 3.05) is 5.32 Å². The molecular weight excluding hydrogens is 339 g/mol. The molecule has 0 fully saturated rings. The first-order valence-electron chi connectivity index (χ1n) is 7.83. The number of hydrogen-bond donors (Lipinski definition) is 1. The van der Waals surface area contributed by atoms with E-state index in [0.29, 0.717) is 11.4 Å². The summed E-state index contributed by atoms with van der Waals surface area (Å²) in [4.78, 5) is 16.9. The first kappa shape index (κ1) is 17.1. The number of hydrogen-bond acceptors (Lipinski definition) is 2. The molecule has 0 aliphatic rings. The normalized spacial score (nSPS) is 11.8. The summed E-state index contributed by atoms with van der Waals surface area (Å²) in [7, 11) is 0. The van der Waals surface area contributed by atoms with E-state index >= 15 is 0 Å². The van der Waals surface area contributed by atoms with Gasteiger partial charge in [0.25, 0.3) is 0 Å². The summed E-state index contributed by atoms with van der Waals surface area (Å²) in [6.45, 7) is 0. The first-order chi connectivity index (χ1) is 12.1. The van der Waals surface area contributed by atoms with Gasteiger partial charge in [-0.25, -0.2) is 4.39 Å². The standard InChI is InChI=1S/C20H16ClFN2O/c21-16-9-7-15(8-10-16)17(12-14-4-3-11-23-13-14)20(25)24-19-6-2-1-5-18(19)22/h1-11,13,17H,12H2,(H,24,25). The third-order valence-corrected chi connectivity index (χ3v) is 4.14. The molecule has 0 bridgehead atoms. The summed E-state index contributed by atoms with van der Waals surface area (Å²) >= 11 is 5.95. The van der Waals surface area contributed by atoms with E-state index in [1.165, 1.54) is 12.1 Å². The molecule has 0 saturated heterocycles. The summed E-state index contributed by atoms with van der Waals surface area (Å²) in [6.07, 6.45) is 3.86. The Labute approximate surface area is 150 Å². The predicted molar refractivity (Wildman–Crippen MR) is 97.2 cm³/mol. The highest BCUT2D eigenvalue weighted by molar-refractivity contribution is 6.30. The van der Waals surface area contributed by atoms with Gasteiger partial charge in [-0.3, -0.25) is 9.78 Å². The van der Waals surface area contributed by atoms with Crippen LogP contribution >= 0.6 is 11.6 Å². The zero-order valence-corrected chi connectivity index (χ0v) is 14.1. The van der Waals surface area contributed by atoms with Crippen molar-refractivity contribution in [3.63, 3.8) is 0 Å². The first-order valence-corrected chi connectivity index (χ1v) is 8.21. The number of pyridine rings is 1. The fraction of sp³-hybridized carbons (Fsp3) is 0.100. The number of carbonyl (C=O) groups excluding carboxylic acids is 1. The lowest BCUT2D eigenvalue weighted by Gasteiger charge is -2.18. The molecule has 1 atom stereocenters. The van der Waals surface area contributed by atoms with Crippen LogP contribution in [-0.2, 0) is 11.2 Å². The quantitative estimate of drug-likeness (QED) is 0.712. The van der Waals surface area contributed by atoms with E-state index in [2.05, 4.69) is 10.3 Å². The lowest BCUT2D eigenvalue weighted by molar-refractivity contribution is -0.117. The summed E-state index contributed by atoms with van der Waals surface area (Å²) in [5.41, 5.74) is 1.89. The molecule has 1 N–H and O–H groups in total. The number of nitrogens with one attached hydrogen (secondary N) is 1. The molecule has 1 aromatic heterocycles. The van der Waals surface area contributed by atoms with Gasteiger partial charge in [-0.2, -0.15) is 0 Å². The van der Waals surface area contributed by atoms with Gasteiger partial charge in [-0.05, 0) is 47.9 Å². The molecular formula is C20H16ClFN2O. The number of anilines is 1. The smallest absolute Gasteiger partial charge is 0.232 e. The van der Waals surface area contributed by atoms with Crippen LogP contribution in [0.5, 0.6) is 0 Å². The Morgan fingerprint density at radius 3 is 2.52 bits per heavy atom. The molecule has 25 heavy (non-hydrogen) atoms. The highest BCUT2D eigenvalue weighted by Gasteiger charge is 2.22. The van der Waals surface area contributed by atoms with E-state index in [9.17, 15) is 9.18 Å². The molecule has 1 unspecified atom stereocenters. The number of para-hydroxylation sites is 1. The summed E-state index contributed by atoms with van der Waals surface area (Å²) in [5, 5.41) is 3.27. The maximum absolute atomic E-state index is 13.9. The van der Waals surface area contributed by atoms with Crippen LogP contribution in [0.2, 0.25) is 5.02 Å². The van der Waals surface area contributed by atoms with Crippen molar-refractivity contribution in [3.8, 4) is 0 Å². The van der Waals surface area contributed by atoms with Crippen molar-refractivity contribution < 1.29 is 9.18 Å². The molecule has 3 nitrogen and oxygen atoms in total. The average Bonchev–Trinajstić information content (AvgIpc) is 2.63. The zero-order chi connectivity index (χ0) is 17.6. The van der Waals surface area contributed by atoms with E-state index in [1.54, 1.807) is 36.7 Å². The van der Waals surface area contributed by atoms with Crippen LogP contribution in [0, 0.1) is 5.82 Å². The third kappa shape index (κ3) is 4.43. The highest BCUT2D eigenvalue weighted by atomic mass is 35.5. The molecule has 0 aliphatic carbocycles. The van der Waals surface area contributed by atoms with E-state index < -0.39 is 11.7 Å². The number of amides is 1. The fourth-order valence-corrected chi connectivity index (χ4v) is 2.72. The van der Waals surface area contributed by atoms with E-state index in [4.69, 9.17) is 11.6 Å². The predicted octanol–water partition coefficient (Wildman–Crippen LogP) is 4.84. The molecule has 2 aromatic carbocycles. The number of halogens is 2. The van der Waals surface area contributed by atoms with E-state index in [-0.39, 0.29) is 11.6 Å². The Hall–Kier alpha value is -2.72. The summed E-state index contributed by atoms with van der Waals surface area (Å²) in [6, 6.07) is 16.9. The Morgan fingerprint density at radius 1 is 1.08 bits per heavy atom. The average molecular weight is 355 g/mol. The second kappa shape index (κ2) is 7.90.